The van der Waals surface area contributed by atoms with E-state index < -0.39 is 0 Å². The third kappa shape index (κ3) is 3.88. The molecule has 0 radical (unpaired) electrons. The molecule has 0 unspecified atom stereocenters. The number of anilines is 1. The number of benzene rings is 2. The summed E-state index contributed by atoms with van der Waals surface area (Å²) in [5, 5.41) is 8.11. The van der Waals surface area contributed by atoms with Gasteiger partial charge in [-0.3, -0.25) is 0 Å². The molecule has 0 N–H and O–H groups in total. The summed E-state index contributed by atoms with van der Waals surface area (Å²) in [5.74, 6) is 2.76. The second-order valence-electron chi connectivity index (χ2n) is 5.75. The van der Waals surface area contributed by atoms with Crippen LogP contribution in [0.5, 0.6) is 17.2 Å². The number of hydrogen-bond acceptors (Lipinski definition) is 7. The van der Waals surface area contributed by atoms with Crippen molar-refractivity contribution in [3.63, 3.8) is 0 Å². The maximum Gasteiger partial charge on any atom is 0.254 e. The van der Waals surface area contributed by atoms with Gasteiger partial charge < -0.3 is 23.5 Å². The summed E-state index contributed by atoms with van der Waals surface area (Å²) in [6.07, 6.45) is 0. The van der Waals surface area contributed by atoms with Crippen LogP contribution >= 0.6 is 0 Å². The van der Waals surface area contributed by atoms with E-state index in [-0.39, 0.29) is 6.61 Å². The first-order valence-electron chi connectivity index (χ1n) is 8.05. The van der Waals surface area contributed by atoms with Crippen LogP contribution in [0.4, 0.5) is 5.69 Å². The van der Waals surface area contributed by atoms with Crippen LogP contribution in [0.25, 0.3) is 11.5 Å². The van der Waals surface area contributed by atoms with E-state index in [1.165, 1.54) is 0 Å². The van der Waals surface area contributed by atoms with Crippen LogP contribution in [-0.2, 0) is 6.61 Å². The lowest BCUT2D eigenvalue weighted by atomic mass is 10.2. The number of aromatic nitrogens is 2. The molecule has 0 saturated carbocycles. The average molecular weight is 355 g/mol. The van der Waals surface area contributed by atoms with E-state index in [4.69, 9.17) is 18.6 Å². The molecule has 0 aliphatic heterocycles. The highest BCUT2D eigenvalue weighted by Crippen LogP contribution is 2.31. The van der Waals surface area contributed by atoms with Crippen LogP contribution in [0.2, 0.25) is 0 Å². The molecule has 7 nitrogen and oxygen atoms in total. The van der Waals surface area contributed by atoms with Gasteiger partial charge in [-0.25, -0.2) is 0 Å². The maximum absolute atomic E-state index is 5.75. The Hall–Kier alpha value is -3.22. The Labute approximate surface area is 152 Å². The minimum absolute atomic E-state index is 0.192. The highest BCUT2D eigenvalue weighted by Gasteiger charge is 2.12. The standard InChI is InChI=1S/C19H21N3O4/c1-22(2)14-6-5-7-15(11-14)25-12-18-20-21-19(26-18)13-8-9-16(23-3)17(10-13)24-4/h5-11H,12H2,1-4H3. The molecule has 0 atom stereocenters. The molecule has 0 saturated heterocycles. The molecule has 0 fully saturated rings. The fraction of sp³-hybridized carbons (Fsp3) is 0.263. The highest BCUT2D eigenvalue weighted by atomic mass is 16.5. The molecule has 2 aromatic carbocycles. The van der Waals surface area contributed by atoms with Crippen molar-refractivity contribution in [3.8, 4) is 28.7 Å². The Balaban J connectivity index is 1.71. The molecule has 136 valence electrons. The van der Waals surface area contributed by atoms with E-state index in [1.54, 1.807) is 26.4 Å². The number of rotatable bonds is 7. The average Bonchev–Trinajstić information content (AvgIpc) is 3.15. The van der Waals surface area contributed by atoms with Crippen LogP contribution < -0.4 is 19.1 Å². The van der Waals surface area contributed by atoms with E-state index >= 15 is 0 Å². The molecule has 1 heterocycles. The summed E-state index contributed by atoms with van der Waals surface area (Å²) >= 11 is 0. The normalized spacial score (nSPS) is 10.5. The van der Waals surface area contributed by atoms with Gasteiger partial charge in [0.2, 0.25) is 5.89 Å². The van der Waals surface area contributed by atoms with Gasteiger partial charge >= 0.3 is 0 Å². The molecule has 3 rings (SSSR count). The summed E-state index contributed by atoms with van der Waals surface area (Å²) in [6, 6.07) is 13.2. The molecule has 3 aromatic rings. The molecule has 1 aromatic heterocycles. The van der Waals surface area contributed by atoms with Gasteiger partial charge in [0.25, 0.3) is 5.89 Å². The summed E-state index contributed by atoms with van der Waals surface area (Å²) in [4.78, 5) is 2.01. The molecule has 0 amide bonds. The predicted molar refractivity (Wildman–Crippen MR) is 97.9 cm³/mol. The van der Waals surface area contributed by atoms with Crippen LogP contribution in [0.1, 0.15) is 5.89 Å². The molecule has 0 spiro atoms. The lowest BCUT2D eigenvalue weighted by Crippen LogP contribution is -2.08. The van der Waals surface area contributed by atoms with Gasteiger partial charge in [0.1, 0.15) is 5.75 Å². The van der Waals surface area contributed by atoms with Crippen LogP contribution in [0.3, 0.4) is 0 Å². The number of hydrogen-bond donors (Lipinski definition) is 0. The molecule has 0 aliphatic carbocycles. The molecule has 7 heteroatoms. The second-order valence-corrected chi connectivity index (χ2v) is 5.75. The van der Waals surface area contributed by atoms with Gasteiger partial charge in [-0.1, -0.05) is 6.07 Å². The number of methoxy groups -OCH3 is 2. The Morgan fingerprint density at radius 2 is 1.77 bits per heavy atom. The Bertz CT molecular complexity index is 877. The third-order valence-corrected chi connectivity index (χ3v) is 3.79. The topological polar surface area (TPSA) is 69.9 Å². The quantitative estimate of drug-likeness (QED) is 0.643. The van der Waals surface area contributed by atoms with Crippen molar-refractivity contribution < 1.29 is 18.6 Å². The molecule has 0 aliphatic rings. The monoisotopic (exact) mass is 355 g/mol. The van der Waals surface area contributed by atoms with Crippen molar-refractivity contribution in [2.75, 3.05) is 33.2 Å². The first-order chi connectivity index (χ1) is 12.6. The van der Waals surface area contributed by atoms with Crippen molar-refractivity contribution in [2.45, 2.75) is 6.61 Å². The minimum Gasteiger partial charge on any atom is -0.493 e. The van der Waals surface area contributed by atoms with E-state index in [2.05, 4.69) is 10.2 Å². The highest BCUT2D eigenvalue weighted by molar-refractivity contribution is 5.59. The summed E-state index contributed by atoms with van der Waals surface area (Å²) in [5.41, 5.74) is 1.80. The fourth-order valence-corrected chi connectivity index (χ4v) is 2.39. The minimum atomic E-state index is 0.192. The zero-order valence-corrected chi connectivity index (χ0v) is 15.2. The molecular formula is C19H21N3O4. The van der Waals surface area contributed by atoms with Crippen molar-refractivity contribution >= 4 is 5.69 Å². The lowest BCUT2D eigenvalue weighted by molar-refractivity contribution is 0.264. The molecule has 0 bridgehead atoms. The van der Waals surface area contributed by atoms with Crippen molar-refractivity contribution in [2.24, 2.45) is 0 Å². The van der Waals surface area contributed by atoms with Gasteiger partial charge in [0.15, 0.2) is 18.1 Å². The summed E-state index contributed by atoms with van der Waals surface area (Å²) in [6.45, 7) is 0.192. The zero-order valence-electron chi connectivity index (χ0n) is 15.2. The first kappa shape index (κ1) is 17.6. The van der Waals surface area contributed by atoms with E-state index in [1.807, 2.05) is 49.3 Å². The SMILES string of the molecule is COc1ccc(-c2nnc(COc3cccc(N(C)C)c3)o2)cc1OC. The van der Waals surface area contributed by atoms with Gasteiger partial charge in [-0.2, -0.15) is 0 Å². The van der Waals surface area contributed by atoms with Crippen LogP contribution in [-0.4, -0.2) is 38.5 Å². The van der Waals surface area contributed by atoms with Crippen LogP contribution in [0.15, 0.2) is 46.9 Å². The first-order valence-corrected chi connectivity index (χ1v) is 8.05. The largest absolute Gasteiger partial charge is 0.493 e. The molecular weight excluding hydrogens is 334 g/mol. The second kappa shape index (κ2) is 7.77. The summed E-state index contributed by atoms with van der Waals surface area (Å²) < 4.78 is 22.0. The number of nitrogens with zero attached hydrogens (tertiary/aromatic N) is 3. The Morgan fingerprint density at radius 1 is 0.962 bits per heavy atom. The predicted octanol–water partition coefficient (Wildman–Crippen LogP) is 3.40. The molecule has 26 heavy (non-hydrogen) atoms. The summed E-state index contributed by atoms with van der Waals surface area (Å²) in [7, 11) is 7.13. The maximum atomic E-state index is 5.75. The van der Waals surface area contributed by atoms with Crippen molar-refractivity contribution in [1.82, 2.24) is 10.2 Å². The smallest absolute Gasteiger partial charge is 0.254 e. The zero-order chi connectivity index (χ0) is 18.5. The van der Waals surface area contributed by atoms with Crippen molar-refractivity contribution in [1.29, 1.82) is 0 Å². The van der Waals surface area contributed by atoms with E-state index in [0.717, 1.165) is 17.0 Å². The van der Waals surface area contributed by atoms with Gasteiger partial charge in [0.05, 0.1) is 14.2 Å². The Kier molecular flexibility index (Phi) is 5.26. The van der Waals surface area contributed by atoms with E-state index in [9.17, 15) is 0 Å². The third-order valence-electron chi connectivity index (χ3n) is 3.79. The van der Waals surface area contributed by atoms with Gasteiger partial charge in [-0.15, -0.1) is 10.2 Å². The van der Waals surface area contributed by atoms with E-state index in [0.29, 0.717) is 23.3 Å². The van der Waals surface area contributed by atoms with Gasteiger partial charge in [0, 0.05) is 31.4 Å². The van der Waals surface area contributed by atoms with Crippen LogP contribution in [0, 0.1) is 0 Å². The lowest BCUT2D eigenvalue weighted by Gasteiger charge is -2.13. The van der Waals surface area contributed by atoms with Gasteiger partial charge in [-0.05, 0) is 30.3 Å². The van der Waals surface area contributed by atoms with Crippen molar-refractivity contribution in [3.05, 3.63) is 48.4 Å². The fourth-order valence-electron chi connectivity index (χ4n) is 2.39. The Morgan fingerprint density at radius 3 is 2.50 bits per heavy atom. The number of ether oxygens (including phenoxy) is 3.